The number of aromatic nitrogens is 1. The maximum absolute atomic E-state index is 12.2. The predicted octanol–water partition coefficient (Wildman–Crippen LogP) is 4.13. The second-order valence-electron chi connectivity index (χ2n) is 7.04. The van der Waals surface area contributed by atoms with Crippen LogP contribution in [0, 0.1) is 23.7 Å². The number of pyridine rings is 1. The molecule has 1 heterocycles. The third-order valence-corrected chi connectivity index (χ3v) is 4.97. The number of nitrogens with one attached hydrogen (secondary N) is 1. The molecule has 1 atom stereocenters. The summed E-state index contributed by atoms with van der Waals surface area (Å²) >= 11 is 0. The van der Waals surface area contributed by atoms with E-state index in [0.29, 0.717) is 18.6 Å². The number of H-pyrrole nitrogens is 1. The number of terminal acetylenes is 1. The van der Waals surface area contributed by atoms with E-state index < -0.39 is 5.41 Å². The molecule has 0 aliphatic carbocycles. The fourth-order valence-corrected chi connectivity index (χ4v) is 3.34. The lowest BCUT2D eigenvalue weighted by molar-refractivity contribution is 0.369. The van der Waals surface area contributed by atoms with E-state index in [9.17, 15) is 10.1 Å². The van der Waals surface area contributed by atoms with Gasteiger partial charge in [-0.05, 0) is 60.5 Å². The van der Waals surface area contributed by atoms with E-state index in [1.165, 1.54) is 0 Å². The van der Waals surface area contributed by atoms with Crippen molar-refractivity contribution >= 4 is 10.9 Å². The van der Waals surface area contributed by atoms with E-state index >= 15 is 0 Å². The van der Waals surface area contributed by atoms with Gasteiger partial charge in [0.25, 0.3) is 5.56 Å². The maximum atomic E-state index is 12.2. The normalized spacial score (nSPS) is 12.7. The van der Waals surface area contributed by atoms with Gasteiger partial charge in [0.1, 0.15) is 12.4 Å². The molecule has 0 amide bonds. The van der Waals surface area contributed by atoms with Crippen molar-refractivity contribution in [3.05, 3.63) is 75.6 Å². The van der Waals surface area contributed by atoms with Gasteiger partial charge in [0.05, 0.1) is 11.5 Å². The van der Waals surface area contributed by atoms with Crippen LogP contribution in [0.3, 0.4) is 0 Å². The molecule has 0 fully saturated rings. The third-order valence-electron chi connectivity index (χ3n) is 4.97. The van der Waals surface area contributed by atoms with Gasteiger partial charge in [-0.3, -0.25) is 4.79 Å². The van der Waals surface area contributed by atoms with E-state index in [4.69, 9.17) is 11.2 Å². The maximum Gasteiger partial charge on any atom is 0.251 e. The summed E-state index contributed by atoms with van der Waals surface area (Å²) in [6.45, 7) is 4.07. The van der Waals surface area contributed by atoms with Crippen molar-refractivity contribution in [3.63, 3.8) is 0 Å². The number of rotatable bonds is 6. The van der Waals surface area contributed by atoms with E-state index in [-0.39, 0.29) is 12.2 Å². The van der Waals surface area contributed by atoms with Crippen molar-refractivity contribution in [3.8, 4) is 24.2 Å². The lowest BCUT2D eigenvalue weighted by atomic mass is 9.78. The van der Waals surface area contributed by atoms with Crippen LogP contribution < -0.4 is 10.3 Å². The van der Waals surface area contributed by atoms with Crippen molar-refractivity contribution in [1.82, 2.24) is 4.98 Å². The Morgan fingerprint density at radius 2 is 2.04 bits per heavy atom. The Morgan fingerprint density at radius 3 is 2.75 bits per heavy atom. The summed E-state index contributed by atoms with van der Waals surface area (Å²) in [7, 11) is 0. The molecule has 0 spiro atoms. The smallest absolute Gasteiger partial charge is 0.251 e. The van der Waals surface area contributed by atoms with Crippen molar-refractivity contribution in [2.45, 2.75) is 32.1 Å². The number of hydrogen-bond acceptors (Lipinski definition) is 3. The SMILES string of the molecule is C#CCOc1cccc(CC(C)(C#N)c2ccc3cc(CC)c(=O)[nH]c3c2)c1. The standard InChI is InChI=1S/C24H22N2O2/c1-4-11-28-21-8-6-7-17(12-21)15-24(3,16-25)20-10-9-19-13-18(5-2)23(27)26-22(19)14-20/h1,6-10,12-14H,5,11,15H2,2-3H3,(H,26,27). The summed E-state index contributed by atoms with van der Waals surface area (Å²) in [5, 5.41) is 10.9. The van der Waals surface area contributed by atoms with E-state index in [1.54, 1.807) is 0 Å². The molecule has 0 saturated carbocycles. The number of nitrogens with zero attached hydrogens (tertiary/aromatic N) is 1. The molecule has 1 N–H and O–H groups in total. The van der Waals surface area contributed by atoms with Gasteiger partial charge in [-0.1, -0.05) is 37.1 Å². The molecule has 0 aliphatic heterocycles. The van der Waals surface area contributed by atoms with Gasteiger partial charge in [0.15, 0.2) is 0 Å². The molecule has 140 valence electrons. The minimum atomic E-state index is -0.751. The topological polar surface area (TPSA) is 65.9 Å². The highest BCUT2D eigenvalue weighted by Gasteiger charge is 2.27. The van der Waals surface area contributed by atoms with Crippen LogP contribution in [0.25, 0.3) is 10.9 Å². The average Bonchev–Trinajstić information content (AvgIpc) is 2.71. The van der Waals surface area contributed by atoms with Crippen molar-refractivity contribution in [1.29, 1.82) is 5.26 Å². The number of aryl methyl sites for hydroxylation is 1. The molecule has 4 nitrogen and oxygen atoms in total. The van der Waals surface area contributed by atoms with Crippen molar-refractivity contribution in [2.75, 3.05) is 6.61 Å². The molecule has 4 heteroatoms. The fourth-order valence-electron chi connectivity index (χ4n) is 3.34. The summed E-state index contributed by atoms with van der Waals surface area (Å²) in [6.07, 6.45) is 6.44. The second kappa shape index (κ2) is 8.03. The molecule has 28 heavy (non-hydrogen) atoms. The number of benzene rings is 2. The minimum absolute atomic E-state index is 0.0795. The lowest BCUT2D eigenvalue weighted by Gasteiger charge is -2.23. The van der Waals surface area contributed by atoms with Gasteiger partial charge in [-0.25, -0.2) is 0 Å². The van der Waals surface area contributed by atoms with Crippen LogP contribution in [0.4, 0.5) is 0 Å². The molecule has 1 unspecified atom stereocenters. The number of nitriles is 1. The Morgan fingerprint density at radius 1 is 1.21 bits per heavy atom. The summed E-state index contributed by atoms with van der Waals surface area (Å²) in [5.74, 6) is 3.13. The summed E-state index contributed by atoms with van der Waals surface area (Å²) in [6, 6.07) is 17.8. The van der Waals surface area contributed by atoms with Crippen LogP contribution in [0.15, 0.2) is 53.3 Å². The van der Waals surface area contributed by atoms with Gasteiger partial charge >= 0.3 is 0 Å². The average molecular weight is 370 g/mol. The zero-order valence-corrected chi connectivity index (χ0v) is 16.1. The van der Waals surface area contributed by atoms with Crippen LogP contribution in [-0.4, -0.2) is 11.6 Å². The molecule has 3 rings (SSSR count). The Balaban J connectivity index is 1.96. The zero-order chi connectivity index (χ0) is 20.1. The molecular formula is C24H22N2O2. The minimum Gasteiger partial charge on any atom is -0.481 e. The van der Waals surface area contributed by atoms with Crippen molar-refractivity contribution in [2.24, 2.45) is 0 Å². The first-order valence-corrected chi connectivity index (χ1v) is 9.22. The Hall–Kier alpha value is -3.50. The highest BCUT2D eigenvalue weighted by molar-refractivity contribution is 5.80. The molecule has 0 aliphatic rings. The largest absolute Gasteiger partial charge is 0.481 e. The molecule has 0 saturated heterocycles. The molecule has 2 aromatic carbocycles. The summed E-state index contributed by atoms with van der Waals surface area (Å²) in [5.41, 5.74) is 2.51. The predicted molar refractivity (Wildman–Crippen MR) is 111 cm³/mol. The molecule has 0 bridgehead atoms. The van der Waals surface area contributed by atoms with E-state index in [2.05, 4.69) is 17.0 Å². The number of aromatic amines is 1. The molecule has 0 radical (unpaired) electrons. The van der Waals surface area contributed by atoms with Gasteiger partial charge in [-0.2, -0.15) is 5.26 Å². The van der Waals surface area contributed by atoms with Gasteiger partial charge in [-0.15, -0.1) is 6.42 Å². The summed E-state index contributed by atoms with van der Waals surface area (Å²) < 4.78 is 5.48. The second-order valence-corrected chi connectivity index (χ2v) is 7.04. The van der Waals surface area contributed by atoms with E-state index in [0.717, 1.165) is 27.6 Å². The Labute approximate surface area is 164 Å². The first kappa shape index (κ1) is 19.3. The highest BCUT2D eigenvalue weighted by atomic mass is 16.5. The van der Waals surface area contributed by atoms with E-state index in [1.807, 2.05) is 62.4 Å². The first-order valence-electron chi connectivity index (χ1n) is 9.22. The van der Waals surface area contributed by atoms with Gasteiger partial charge in [0.2, 0.25) is 0 Å². The van der Waals surface area contributed by atoms with Crippen LogP contribution in [0.5, 0.6) is 5.75 Å². The fraction of sp³-hybridized carbons (Fsp3) is 0.250. The Bertz CT molecular complexity index is 1150. The zero-order valence-electron chi connectivity index (χ0n) is 16.1. The van der Waals surface area contributed by atoms with Crippen LogP contribution in [0.1, 0.15) is 30.5 Å². The molecular weight excluding hydrogens is 348 g/mol. The molecule has 3 aromatic rings. The van der Waals surface area contributed by atoms with Gasteiger partial charge in [0, 0.05) is 11.1 Å². The number of ether oxygens (including phenoxy) is 1. The monoisotopic (exact) mass is 370 g/mol. The first-order chi connectivity index (χ1) is 13.5. The quantitative estimate of drug-likeness (QED) is 0.664. The molecule has 1 aromatic heterocycles. The third kappa shape index (κ3) is 3.92. The van der Waals surface area contributed by atoms with Crippen LogP contribution >= 0.6 is 0 Å². The Kier molecular flexibility index (Phi) is 5.52. The number of hydrogen-bond donors (Lipinski definition) is 1. The van der Waals surface area contributed by atoms with Crippen LogP contribution in [-0.2, 0) is 18.3 Å². The number of fused-ring (bicyclic) bond motifs is 1. The highest BCUT2D eigenvalue weighted by Crippen LogP contribution is 2.30. The van der Waals surface area contributed by atoms with Crippen molar-refractivity contribution < 1.29 is 4.74 Å². The lowest BCUT2D eigenvalue weighted by Crippen LogP contribution is -2.23. The van der Waals surface area contributed by atoms with Gasteiger partial charge < -0.3 is 9.72 Å². The van der Waals surface area contributed by atoms with Crippen LogP contribution in [0.2, 0.25) is 0 Å². The summed E-state index contributed by atoms with van der Waals surface area (Å²) in [4.78, 5) is 15.1.